The van der Waals surface area contributed by atoms with E-state index in [4.69, 9.17) is 0 Å². The van der Waals surface area contributed by atoms with Gasteiger partial charge in [-0.15, -0.1) is 0 Å². The van der Waals surface area contributed by atoms with E-state index >= 15 is 0 Å². The summed E-state index contributed by atoms with van der Waals surface area (Å²) in [5.41, 5.74) is 2.70. The second kappa shape index (κ2) is 6.88. The molecule has 5 rings (SSSR count). The average molecular weight is 400 g/mol. The van der Waals surface area contributed by atoms with Crippen molar-refractivity contribution in [2.75, 3.05) is 6.54 Å². The van der Waals surface area contributed by atoms with Gasteiger partial charge in [0.15, 0.2) is 5.65 Å². The highest BCUT2D eigenvalue weighted by atomic mass is 19.1. The van der Waals surface area contributed by atoms with E-state index in [2.05, 4.69) is 10.1 Å². The van der Waals surface area contributed by atoms with Gasteiger partial charge in [-0.2, -0.15) is 5.10 Å². The molecule has 0 atom stereocenters. The maximum Gasteiger partial charge on any atom is 0.263 e. The van der Waals surface area contributed by atoms with E-state index in [1.54, 1.807) is 25.1 Å². The third kappa shape index (κ3) is 2.70. The molecule has 30 heavy (non-hydrogen) atoms. The van der Waals surface area contributed by atoms with Crippen molar-refractivity contribution in [3.05, 3.63) is 89.0 Å². The number of rotatable bonds is 4. The van der Waals surface area contributed by atoms with Gasteiger partial charge in [0.1, 0.15) is 11.5 Å². The van der Waals surface area contributed by atoms with Gasteiger partial charge < -0.3 is 0 Å². The molecule has 2 aromatic heterocycles. The highest BCUT2D eigenvalue weighted by Crippen LogP contribution is 2.32. The van der Waals surface area contributed by atoms with Crippen molar-refractivity contribution < 1.29 is 14.0 Å². The molecule has 0 unspecified atom stereocenters. The van der Waals surface area contributed by atoms with Crippen LogP contribution < -0.4 is 0 Å². The van der Waals surface area contributed by atoms with Crippen LogP contribution >= 0.6 is 0 Å². The Labute approximate surface area is 171 Å². The fourth-order valence-corrected chi connectivity index (χ4v) is 3.89. The van der Waals surface area contributed by atoms with E-state index in [1.807, 2.05) is 30.3 Å². The Balaban J connectivity index is 1.57. The number of para-hydroxylation sites is 1. The Morgan fingerprint density at radius 3 is 2.47 bits per heavy atom. The number of nitrogens with zero attached hydrogens (tertiary/aromatic N) is 4. The van der Waals surface area contributed by atoms with Crippen LogP contribution in [0.1, 0.15) is 32.0 Å². The molecule has 0 aliphatic carbocycles. The summed E-state index contributed by atoms with van der Waals surface area (Å²) in [6, 6.07) is 15.9. The molecule has 4 aromatic rings. The van der Waals surface area contributed by atoms with Crippen molar-refractivity contribution in [3.63, 3.8) is 0 Å². The second-order valence-electron chi connectivity index (χ2n) is 7.19. The Morgan fingerprint density at radius 2 is 1.70 bits per heavy atom. The Bertz CT molecular complexity index is 1310. The number of benzene rings is 2. The Kier molecular flexibility index (Phi) is 4.17. The van der Waals surface area contributed by atoms with E-state index in [-0.39, 0.29) is 35.2 Å². The van der Waals surface area contributed by atoms with Crippen molar-refractivity contribution in [2.45, 2.75) is 13.3 Å². The molecule has 1 aliphatic heterocycles. The lowest BCUT2D eigenvalue weighted by Crippen LogP contribution is -2.31. The van der Waals surface area contributed by atoms with Crippen molar-refractivity contribution in [2.24, 2.45) is 0 Å². The van der Waals surface area contributed by atoms with Crippen molar-refractivity contribution in [1.29, 1.82) is 0 Å². The molecule has 0 radical (unpaired) electrons. The monoisotopic (exact) mass is 400 g/mol. The molecule has 0 fully saturated rings. The van der Waals surface area contributed by atoms with E-state index in [0.29, 0.717) is 23.1 Å². The zero-order chi connectivity index (χ0) is 20.8. The van der Waals surface area contributed by atoms with Crippen LogP contribution in [0.25, 0.3) is 16.7 Å². The molecule has 0 saturated heterocycles. The van der Waals surface area contributed by atoms with Crippen LogP contribution in [-0.4, -0.2) is 38.0 Å². The lowest BCUT2D eigenvalue weighted by atomic mass is 10.1. The van der Waals surface area contributed by atoms with Gasteiger partial charge in [0.25, 0.3) is 11.8 Å². The van der Waals surface area contributed by atoms with Gasteiger partial charge >= 0.3 is 0 Å². The molecule has 2 aromatic carbocycles. The summed E-state index contributed by atoms with van der Waals surface area (Å²) in [5.74, 6) is -1.18. The van der Waals surface area contributed by atoms with Crippen molar-refractivity contribution >= 4 is 22.8 Å². The van der Waals surface area contributed by atoms with E-state index in [9.17, 15) is 14.0 Å². The third-order valence-corrected chi connectivity index (χ3v) is 5.35. The molecule has 0 spiro atoms. The standard InChI is InChI=1S/C23H17FN4O2/c1-14-19-20-16(13-25-21(19)28(26-14)18-10-6-5-9-17(18)24)22(29)27(23(20)30)12-11-15-7-3-2-4-8-15/h2-10,13H,11-12H2,1H3. The van der Waals surface area contributed by atoms with Crippen LogP contribution in [0.4, 0.5) is 4.39 Å². The number of pyridine rings is 1. The highest BCUT2D eigenvalue weighted by molar-refractivity contribution is 6.26. The molecule has 148 valence electrons. The molecule has 0 N–H and O–H groups in total. The van der Waals surface area contributed by atoms with Gasteiger partial charge in [0.05, 0.1) is 22.2 Å². The fraction of sp³-hybridized carbons (Fsp3) is 0.130. The minimum absolute atomic E-state index is 0.237. The van der Waals surface area contributed by atoms with Gasteiger partial charge in [0, 0.05) is 12.7 Å². The molecular weight excluding hydrogens is 383 g/mol. The predicted octanol–water partition coefficient (Wildman–Crippen LogP) is 3.71. The minimum Gasteiger partial charge on any atom is -0.274 e. The zero-order valence-electron chi connectivity index (χ0n) is 16.2. The quantitative estimate of drug-likeness (QED) is 0.490. The summed E-state index contributed by atoms with van der Waals surface area (Å²) >= 11 is 0. The first-order chi connectivity index (χ1) is 14.6. The second-order valence-corrected chi connectivity index (χ2v) is 7.19. The molecule has 7 heteroatoms. The van der Waals surface area contributed by atoms with E-state index < -0.39 is 5.82 Å². The maximum absolute atomic E-state index is 14.3. The topological polar surface area (TPSA) is 68.1 Å². The third-order valence-electron chi connectivity index (χ3n) is 5.35. The normalized spacial score (nSPS) is 13.3. The summed E-state index contributed by atoms with van der Waals surface area (Å²) in [6.07, 6.45) is 1.95. The lowest BCUT2D eigenvalue weighted by Gasteiger charge is -2.13. The number of imide groups is 1. The number of carbonyl (C=O) groups excluding carboxylic acids is 2. The number of fused-ring (bicyclic) bond motifs is 3. The first-order valence-corrected chi connectivity index (χ1v) is 9.59. The molecule has 0 bridgehead atoms. The minimum atomic E-state index is -0.448. The van der Waals surface area contributed by atoms with Crippen LogP contribution in [0.3, 0.4) is 0 Å². The lowest BCUT2D eigenvalue weighted by molar-refractivity contribution is 0.0656. The smallest absolute Gasteiger partial charge is 0.263 e. The summed E-state index contributed by atoms with van der Waals surface area (Å²) in [7, 11) is 0. The summed E-state index contributed by atoms with van der Waals surface area (Å²) < 4.78 is 15.7. The highest BCUT2D eigenvalue weighted by Gasteiger charge is 2.38. The Hall–Kier alpha value is -3.87. The van der Waals surface area contributed by atoms with Crippen molar-refractivity contribution in [1.82, 2.24) is 19.7 Å². The summed E-state index contributed by atoms with van der Waals surface area (Å²) in [6.45, 7) is 2.00. The number of carbonyl (C=O) groups is 2. The van der Waals surface area contributed by atoms with Crippen LogP contribution in [0.2, 0.25) is 0 Å². The predicted molar refractivity (Wildman–Crippen MR) is 109 cm³/mol. The molecular formula is C23H17FN4O2. The number of amides is 2. The zero-order valence-corrected chi connectivity index (χ0v) is 16.2. The van der Waals surface area contributed by atoms with E-state index in [0.717, 1.165) is 5.56 Å². The van der Waals surface area contributed by atoms with E-state index in [1.165, 1.54) is 21.8 Å². The van der Waals surface area contributed by atoms with Crippen LogP contribution in [-0.2, 0) is 6.42 Å². The Morgan fingerprint density at radius 1 is 0.967 bits per heavy atom. The molecule has 2 amide bonds. The number of aromatic nitrogens is 3. The van der Waals surface area contributed by atoms with Gasteiger partial charge in [0.2, 0.25) is 0 Å². The molecule has 6 nitrogen and oxygen atoms in total. The number of aryl methyl sites for hydroxylation is 1. The molecule has 0 saturated carbocycles. The SMILES string of the molecule is Cc1nn(-c2ccccc2F)c2ncc3c(c12)C(=O)N(CCc1ccccc1)C3=O. The first kappa shape index (κ1) is 18.2. The first-order valence-electron chi connectivity index (χ1n) is 9.59. The molecule has 3 heterocycles. The largest absolute Gasteiger partial charge is 0.274 e. The number of halogens is 1. The number of hydrogen-bond donors (Lipinski definition) is 0. The van der Waals surface area contributed by atoms with Gasteiger partial charge in [-0.1, -0.05) is 42.5 Å². The summed E-state index contributed by atoms with van der Waals surface area (Å²) in [4.78, 5) is 31.7. The van der Waals surface area contributed by atoms with Gasteiger partial charge in [-0.3, -0.25) is 14.5 Å². The van der Waals surface area contributed by atoms with Crippen LogP contribution in [0, 0.1) is 12.7 Å². The number of hydrogen-bond acceptors (Lipinski definition) is 4. The van der Waals surface area contributed by atoms with Crippen LogP contribution in [0.5, 0.6) is 0 Å². The fourth-order valence-electron chi connectivity index (χ4n) is 3.89. The van der Waals surface area contributed by atoms with Crippen molar-refractivity contribution in [3.8, 4) is 5.69 Å². The van der Waals surface area contributed by atoms with Gasteiger partial charge in [-0.05, 0) is 31.0 Å². The van der Waals surface area contributed by atoms with Gasteiger partial charge in [-0.25, -0.2) is 14.1 Å². The average Bonchev–Trinajstić information content (AvgIpc) is 3.22. The maximum atomic E-state index is 14.3. The molecule has 1 aliphatic rings. The summed E-state index contributed by atoms with van der Waals surface area (Å²) in [5, 5.41) is 4.89. The van der Waals surface area contributed by atoms with Crippen LogP contribution in [0.15, 0.2) is 60.8 Å².